The number of guanidine groups is 1. The van der Waals surface area contributed by atoms with Crippen molar-refractivity contribution in [2.75, 3.05) is 38.7 Å². The van der Waals surface area contributed by atoms with Crippen molar-refractivity contribution in [1.29, 1.82) is 0 Å². The maximum Gasteiger partial charge on any atom is 0.195 e. The molecule has 0 saturated heterocycles. The monoisotopic (exact) mass is 279 g/mol. The number of nitrogens with one attached hydrogen (secondary N) is 2. The maximum atomic E-state index is 5.67. The molecule has 0 fully saturated rings. The summed E-state index contributed by atoms with van der Waals surface area (Å²) >= 11 is 0. The zero-order valence-electron chi connectivity index (χ0n) is 12.6. The summed E-state index contributed by atoms with van der Waals surface area (Å²) in [6.45, 7) is 6.99. The normalized spacial score (nSPS) is 11.2. The summed E-state index contributed by atoms with van der Waals surface area (Å²) in [7, 11) is 1.69. The first kappa shape index (κ1) is 16.3. The van der Waals surface area contributed by atoms with Gasteiger partial charge < -0.3 is 20.1 Å². The first-order chi connectivity index (χ1) is 9.80. The Morgan fingerprint density at radius 3 is 2.80 bits per heavy atom. The number of hydrogen-bond donors (Lipinski definition) is 2. The van der Waals surface area contributed by atoms with Crippen molar-refractivity contribution in [3.8, 4) is 5.75 Å². The molecule has 0 atom stereocenters. The standard InChI is InChI=1S/C15H25N3O2/c1-4-16-15(17-5-2)18-13-8-6-9-14(12-13)20-11-7-10-19-3/h6,8-9,12H,4-5,7,10-11H2,1-3H3,(H2,16,17,18). The Labute approximate surface area is 121 Å². The van der Waals surface area contributed by atoms with E-state index in [1.54, 1.807) is 7.11 Å². The van der Waals surface area contributed by atoms with E-state index in [4.69, 9.17) is 9.47 Å². The Hall–Kier alpha value is -1.75. The van der Waals surface area contributed by atoms with Crippen molar-refractivity contribution in [2.45, 2.75) is 20.3 Å². The Bertz CT molecular complexity index is 408. The molecule has 1 rings (SSSR count). The number of anilines is 1. The lowest BCUT2D eigenvalue weighted by Gasteiger charge is -2.12. The van der Waals surface area contributed by atoms with Gasteiger partial charge in [-0.05, 0) is 26.0 Å². The zero-order chi connectivity index (χ0) is 14.6. The summed E-state index contributed by atoms with van der Waals surface area (Å²) in [6, 6.07) is 7.87. The molecule has 2 N–H and O–H groups in total. The molecule has 0 amide bonds. The fraction of sp³-hybridized carbons (Fsp3) is 0.533. The molecule has 0 aliphatic rings. The third-order valence-electron chi connectivity index (χ3n) is 2.52. The van der Waals surface area contributed by atoms with Crippen LogP contribution in [0.25, 0.3) is 0 Å². The van der Waals surface area contributed by atoms with Crippen LogP contribution < -0.4 is 15.4 Å². The molecular weight excluding hydrogens is 254 g/mol. The lowest BCUT2D eigenvalue weighted by atomic mass is 10.3. The average molecular weight is 279 g/mol. The predicted molar refractivity (Wildman–Crippen MR) is 83.7 cm³/mol. The number of methoxy groups -OCH3 is 1. The largest absolute Gasteiger partial charge is 0.493 e. The minimum absolute atomic E-state index is 0.653. The van der Waals surface area contributed by atoms with Gasteiger partial charge in [0.25, 0.3) is 0 Å². The van der Waals surface area contributed by atoms with Crippen LogP contribution in [-0.2, 0) is 4.74 Å². The molecular formula is C15H25N3O2. The highest BCUT2D eigenvalue weighted by molar-refractivity contribution is 5.93. The first-order valence-corrected chi connectivity index (χ1v) is 7.07. The second kappa shape index (κ2) is 10.1. The van der Waals surface area contributed by atoms with Gasteiger partial charge in [0.1, 0.15) is 5.75 Å². The minimum Gasteiger partial charge on any atom is -0.493 e. The molecule has 1 aromatic rings. The zero-order valence-corrected chi connectivity index (χ0v) is 12.6. The van der Waals surface area contributed by atoms with E-state index in [1.165, 1.54) is 0 Å². The molecule has 0 saturated carbocycles. The average Bonchev–Trinajstić information content (AvgIpc) is 2.45. The summed E-state index contributed by atoms with van der Waals surface area (Å²) in [4.78, 5) is 4.36. The fourth-order valence-electron chi connectivity index (χ4n) is 1.66. The molecule has 5 nitrogen and oxygen atoms in total. The fourth-order valence-corrected chi connectivity index (χ4v) is 1.66. The number of benzene rings is 1. The molecule has 0 aliphatic heterocycles. The third-order valence-corrected chi connectivity index (χ3v) is 2.52. The van der Waals surface area contributed by atoms with Crippen LogP contribution in [0.1, 0.15) is 20.3 Å². The van der Waals surface area contributed by atoms with Crippen molar-refractivity contribution < 1.29 is 9.47 Å². The van der Waals surface area contributed by atoms with E-state index in [9.17, 15) is 0 Å². The number of rotatable bonds is 8. The van der Waals surface area contributed by atoms with Gasteiger partial charge in [0.05, 0.1) is 6.61 Å². The van der Waals surface area contributed by atoms with Crippen molar-refractivity contribution >= 4 is 11.6 Å². The van der Waals surface area contributed by atoms with Gasteiger partial charge >= 0.3 is 0 Å². The van der Waals surface area contributed by atoms with Gasteiger partial charge in [-0.3, -0.25) is 4.99 Å². The summed E-state index contributed by atoms with van der Waals surface area (Å²) in [5, 5.41) is 6.45. The van der Waals surface area contributed by atoms with Crippen LogP contribution in [-0.4, -0.2) is 39.4 Å². The Morgan fingerprint density at radius 2 is 2.10 bits per heavy atom. The lowest BCUT2D eigenvalue weighted by Crippen LogP contribution is -2.30. The van der Waals surface area contributed by atoms with E-state index in [0.29, 0.717) is 13.2 Å². The SMILES string of the molecule is CCN=C(NCC)Nc1cccc(OCCCOC)c1. The van der Waals surface area contributed by atoms with Gasteiger partial charge in [0.15, 0.2) is 5.96 Å². The number of nitrogens with zero attached hydrogens (tertiary/aromatic N) is 1. The van der Waals surface area contributed by atoms with E-state index in [-0.39, 0.29) is 0 Å². The van der Waals surface area contributed by atoms with Crippen LogP contribution >= 0.6 is 0 Å². The summed E-state index contributed by atoms with van der Waals surface area (Å²) in [6.07, 6.45) is 0.883. The Morgan fingerprint density at radius 1 is 1.25 bits per heavy atom. The predicted octanol–water partition coefficient (Wildman–Crippen LogP) is 2.50. The van der Waals surface area contributed by atoms with Gasteiger partial charge in [-0.25, -0.2) is 0 Å². The van der Waals surface area contributed by atoms with Crippen molar-refractivity contribution in [3.63, 3.8) is 0 Å². The number of ether oxygens (including phenoxy) is 2. The summed E-state index contributed by atoms with van der Waals surface area (Å²) in [5.41, 5.74) is 0.961. The van der Waals surface area contributed by atoms with Crippen LogP contribution in [0.15, 0.2) is 29.3 Å². The molecule has 112 valence electrons. The van der Waals surface area contributed by atoms with E-state index >= 15 is 0 Å². The lowest BCUT2D eigenvalue weighted by molar-refractivity contribution is 0.172. The second-order valence-corrected chi connectivity index (χ2v) is 4.20. The van der Waals surface area contributed by atoms with E-state index in [1.807, 2.05) is 38.1 Å². The van der Waals surface area contributed by atoms with Crippen LogP contribution in [0, 0.1) is 0 Å². The molecule has 0 spiro atoms. The van der Waals surface area contributed by atoms with Crippen molar-refractivity contribution in [1.82, 2.24) is 5.32 Å². The highest BCUT2D eigenvalue weighted by Gasteiger charge is 2.00. The van der Waals surface area contributed by atoms with Gasteiger partial charge in [-0.15, -0.1) is 0 Å². The minimum atomic E-state index is 0.653. The van der Waals surface area contributed by atoms with E-state index in [2.05, 4.69) is 15.6 Å². The topological polar surface area (TPSA) is 54.9 Å². The van der Waals surface area contributed by atoms with Gasteiger partial charge in [-0.1, -0.05) is 6.07 Å². The molecule has 0 bridgehead atoms. The molecule has 0 aliphatic carbocycles. The molecule has 5 heteroatoms. The van der Waals surface area contributed by atoms with Gasteiger partial charge in [-0.2, -0.15) is 0 Å². The molecule has 1 aromatic carbocycles. The van der Waals surface area contributed by atoms with Crippen LogP contribution in [0.2, 0.25) is 0 Å². The Kier molecular flexibility index (Phi) is 8.22. The number of aliphatic imine (C=N–C) groups is 1. The smallest absolute Gasteiger partial charge is 0.195 e. The first-order valence-electron chi connectivity index (χ1n) is 7.07. The molecule has 0 aromatic heterocycles. The van der Waals surface area contributed by atoms with E-state index < -0.39 is 0 Å². The van der Waals surface area contributed by atoms with Gasteiger partial charge in [0.2, 0.25) is 0 Å². The highest BCUT2D eigenvalue weighted by atomic mass is 16.5. The second-order valence-electron chi connectivity index (χ2n) is 4.20. The molecule has 20 heavy (non-hydrogen) atoms. The Balaban J connectivity index is 2.55. The van der Waals surface area contributed by atoms with Crippen molar-refractivity contribution in [2.24, 2.45) is 4.99 Å². The third kappa shape index (κ3) is 6.43. The highest BCUT2D eigenvalue weighted by Crippen LogP contribution is 2.17. The number of hydrogen-bond acceptors (Lipinski definition) is 3. The van der Waals surface area contributed by atoms with Crippen LogP contribution in [0.4, 0.5) is 5.69 Å². The molecule has 0 radical (unpaired) electrons. The van der Waals surface area contributed by atoms with Crippen molar-refractivity contribution in [3.05, 3.63) is 24.3 Å². The van der Waals surface area contributed by atoms with Crippen LogP contribution in [0.5, 0.6) is 5.75 Å². The van der Waals surface area contributed by atoms with E-state index in [0.717, 1.165) is 36.9 Å². The quantitative estimate of drug-likeness (QED) is 0.436. The molecule has 0 heterocycles. The summed E-state index contributed by atoms with van der Waals surface area (Å²) in [5.74, 6) is 1.63. The van der Waals surface area contributed by atoms with Gasteiger partial charge in [0, 0.05) is 45.0 Å². The maximum absolute atomic E-state index is 5.67. The van der Waals surface area contributed by atoms with Crippen LogP contribution in [0.3, 0.4) is 0 Å². The summed E-state index contributed by atoms with van der Waals surface area (Å²) < 4.78 is 10.7. The molecule has 0 unspecified atom stereocenters.